The van der Waals surface area contributed by atoms with Gasteiger partial charge in [0.05, 0.1) is 11.1 Å². The van der Waals surface area contributed by atoms with Gasteiger partial charge in [-0.3, -0.25) is 9.36 Å². The highest BCUT2D eigenvalue weighted by atomic mass is 32.1. The van der Waals surface area contributed by atoms with Gasteiger partial charge in [0.1, 0.15) is 33.5 Å². The van der Waals surface area contributed by atoms with E-state index in [1.165, 1.54) is 17.7 Å². The van der Waals surface area contributed by atoms with Crippen molar-refractivity contribution in [2.45, 2.75) is 6.92 Å². The molecule has 23 heavy (non-hydrogen) atoms. The van der Waals surface area contributed by atoms with Gasteiger partial charge >= 0.3 is 0 Å². The van der Waals surface area contributed by atoms with E-state index in [2.05, 4.69) is 20.3 Å². The van der Waals surface area contributed by atoms with Crippen molar-refractivity contribution in [1.29, 1.82) is 0 Å². The molecule has 0 amide bonds. The Balaban J connectivity index is 2.04. The average Bonchev–Trinajstić information content (AvgIpc) is 2.97. The summed E-state index contributed by atoms with van der Waals surface area (Å²) < 4.78 is 2.14. The van der Waals surface area contributed by atoms with Crippen LogP contribution in [0.25, 0.3) is 26.1 Å². The molecule has 4 rings (SSSR count). The molecule has 0 bridgehead atoms. The van der Waals surface area contributed by atoms with Crippen LogP contribution >= 0.6 is 11.3 Å². The van der Waals surface area contributed by atoms with Crippen LogP contribution in [-0.4, -0.2) is 26.1 Å². The van der Waals surface area contributed by atoms with E-state index in [1.54, 1.807) is 10.9 Å². The van der Waals surface area contributed by atoms with Gasteiger partial charge in [-0.25, -0.2) is 15.0 Å². The highest BCUT2D eigenvalue weighted by molar-refractivity contribution is 7.25. The predicted molar refractivity (Wildman–Crippen MR) is 92.5 cm³/mol. The molecule has 7 heteroatoms. The lowest BCUT2D eigenvalue weighted by atomic mass is 10.3. The maximum atomic E-state index is 12.8. The van der Waals surface area contributed by atoms with Gasteiger partial charge in [0, 0.05) is 6.54 Å². The van der Waals surface area contributed by atoms with Crippen LogP contribution in [0, 0.1) is 0 Å². The summed E-state index contributed by atoms with van der Waals surface area (Å²) in [5, 5.41) is 4.01. The first-order valence-corrected chi connectivity index (χ1v) is 8.05. The number of hydrogen-bond donors (Lipinski definition) is 1. The van der Waals surface area contributed by atoms with Crippen molar-refractivity contribution in [2.75, 3.05) is 11.9 Å². The van der Waals surface area contributed by atoms with Crippen molar-refractivity contribution >= 4 is 37.6 Å². The van der Waals surface area contributed by atoms with Crippen molar-refractivity contribution in [3.63, 3.8) is 0 Å². The third kappa shape index (κ3) is 2.17. The van der Waals surface area contributed by atoms with Crippen LogP contribution in [0.1, 0.15) is 6.92 Å². The molecule has 3 heterocycles. The number of nitrogens with one attached hydrogen (secondary N) is 1. The van der Waals surface area contributed by atoms with Gasteiger partial charge in [-0.2, -0.15) is 0 Å². The first-order valence-electron chi connectivity index (χ1n) is 7.23. The zero-order valence-electron chi connectivity index (χ0n) is 12.4. The van der Waals surface area contributed by atoms with Crippen LogP contribution in [0.4, 0.5) is 5.82 Å². The van der Waals surface area contributed by atoms with Crippen LogP contribution in [0.3, 0.4) is 0 Å². The highest BCUT2D eigenvalue weighted by Gasteiger charge is 2.16. The Bertz CT molecular complexity index is 1050. The maximum absolute atomic E-state index is 12.8. The molecule has 6 nitrogen and oxygen atoms in total. The molecular formula is C16H13N5OS. The van der Waals surface area contributed by atoms with Gasteiger partial charge in [-0.05, 0) is 19.1 Å². The van der Waals surface area contributed by atoms with Gasteiger partial charge < -0.3 is 5.32 Å². The number of para-hydroxylation sites is 1. The average molecular weight is 323 g/mol. The molecule has 1 aromatic carbocycles. The van der Waals surface area contributed by atoms with E-state index in [0.29, 0.717) is 16.0 Å². The summed E-state index contributed by atoms with van der Waals surface area (Å²) in [7, 11) is 0. The molecule has 1 N–H and O–H groups in total. The van der Waals surface area contributed by atoms with Crippen molar-refractivity contribution in [3.05, 3.63) is 53.3 Å². The van der Waals surface area contributed by atoms with Gasteiger partial charge in [-0.1, -0.05) is 18.2 Å². The van der Waals surface area contributed by atoms with Gasteiger partial charge in [0.15, 0.2) is 0 Å². The van der Waals surface area contributed by atoms with Gasteiger partial charge in [-0.15, -0.1) is 11.3 Å². The van der Waals surface area contributed by atoms with Crippen LogP contribution in [-0.2, 0) is 0 Å². The summed E-state index contributed by atoms with van der Waals surface area (Å²) in [5.41, 5.74) is 1.35. The fourth-order valence-electron chi connectivity index (χ4n) is 2.54. The largest absolute Gasteiger partial charge is 0.370 e. The van der Waals surface area contributed by atoms with Gasteiger partial charge in [0.25, 0.3) is 5.56 Å². The fourth-order valence-corrected chi connectivity index (χ4v) is 3.56. The maximum Gasteiger partial charge on any atom is 0.275 e. The van der Waals surface area contributed by atoms with Crippen molar-refractivity contribution in [1.82, 2.24) is 19.5 Å². The summed E-state index contributed by atoms with van der Waals surface area (Å²) in [5.74, 6) is 0.716. The van der Waals surface area contributed by atoms with Crippen molar-refractivity contribution < 1.29 is 0 Å². The molecule has 0 saturated carbocycles. The fraction of sp³-hybridized carbons (Fsp3) is 0.125. The van der Waals surface area contributed by atoms with Crippen LogP contribution in [0.2, 0.25) is 0 Å². The predicted octanol–water partition coefficient (Wildman–Crippen LogP) is 2.82. The Morgan fingerprint density at radius 1 is 1.17 bits per heavy atom. The number of nitrogens with zero attached hydrogens (tertiary/aromatic N) is 4. The van der Waals surface area contributed by atoms with Crippen LogP contribution in [0.5, 0.6) is 0 Å². The molecule has 0 aliphatic rings. The smallest absolute Gasteiger partial charge is 0.275 e. The van der Waals surface area contributed by atoms with E-state index in [9.17, 15) is 4.79 Å². The molecule has 0 spiro atoms. The summed E-state index contributed by atoms with van der Waals surface area (Å²) in [6.45, 7) is 2.74. The van der Waals surface area contributed by atoms with Gasteiger partial charge in [0.2, 0.25) is 0 Å². The second-order valence-electron chi connectivity index (χ2n) is 4.97. The summed E-state index contributed by atoms with van der Waals surface area (Å²) in [6.07, 6.45) is 3.07. The summed E-state index contributed by atoms with van der Waals surface area (Å²) >= 11 is 1.35. The summed E-state index contributed by atoms with van der Waals surface area (Å²) in [4.78, 5) is 26.6. The zero-order valence-corrected chi connectivity index (χ0v) is 13.2. The van der Waals surface area contributed by atoms with E-state index in [1.807, 2.05) is 37.3 Å². The molecule has 0 radical (unpaired) electrons. The quantitative estimate of drug-likeness (QED) is 0.627. The standard InChI is InChI=1S/C16H13N5OS/c1-2-17-14-11-12-13(23-15(11)19-8-18-14)16(22)21(9-20-12)10-6-4-3-5-7-10/h3-9H,2H2,1H3,(H,17,18,19). The Labute approximate surface area is 135 Å². The highest BCUT2D eigenvalue weighted by Crippen LogP contribution is 2.32. The molecule has 0 fully saturated rings. The Hall–Kier alpha value is -2.80. The lowest BCUT2D eigenvalue weighted by Crippen LogP contribution is -2.17. The SMILES string of the molecule is CCNc1ncnc2sc3c(=O)n(-c4ccccc4)cnc3c12. The normalized spacial score (nSPS) is 11.2. The molecule has 114 valence electrons. The number of benzene rings is 1. The molecule has 4 aromatic rings. The third-order valence-corrected chi connectivity index (χ3v) is 4.63. The van der Waals surface area contributed by atoms with Crippen molar-refractivity contribution in [3.8, 4) is 5.69 Å². The molecule has 0 atom stereocenters. The third-order valence-electron chi connectivity index (χ3n) is 3.56. The number of fused-ring (bicyclic) bond motifs is 3. The van der Waals surface area contributed by atoms with E-state index >= 15 is 0 Å². The summed E-state index contributed by atoms with van der Waals surface area (Å²) in [6, 6.07) is 9.47. The molecule has 0 aliphatic heterocycles. The molecule has 3 aromatic heterocycles. The Morgan fingerprint density at radius 2 is 2.00 bits per heavy atom. The van der Waals surface area contributed by atoms with E-state index in [4.69, 9.17) is 0 Å². The first-order chi connectivity index (χ1) is 11.3. The topological polar surface area (TPSA) is 72.7 Å². The second-order valence-corrected chi connectivity index (χ2v) is 5.97. The van der Waals surface area contributed by atoms with Crippen molar-refractivity contribution in [2.24, 2.45) is 0 Å². The lowest BCUT2D eigenvalue weighted by Gasteiger charge is -2.05. The molecule has 0 saturated heterocycles. The van der Waals surface area contributed by atoms with Crippen LogP contribution < -0.4 is 10.9 Å². The first kappa shape index (κ1) is 13.8. The number of anilines is 1. The number of rotatable bonds is 3. The van der Waals surface area contributed by atoms with E-state index < -0.39 is 0 Å². The molecule has 0 unspecified atom stereocenters. The monoisotopic (exact) mass is 323 g/mol. The van der Waals surface area contributed by atoms with E-state index in [-0.39, 0.29) is 5.56 Å². The number of hydrogen-bond acceptors (Lipinski definition) is 6. The molecule has 0 aliphatic carbocycles. The van der Waals surface area contributed by atoms with Crippen LogP contribution in [0.15, 0.2) is 47.8 Å². The number of thiophene rings is 1. The molecular weight excluding hydrogens is 310 g/mol. The minimum atomic E-state index is -0.0911. The Kier molecular flexibility index (Phi) is 3.27. The minimum Gasteiger partial charge on any atom is -0.370 e. The zero-order chi connectivity index (χ0) is 15.8. The lowest BCUT2D eigenvalue weighted by molar-refractivity contribution is 0.967. The van der Waals surface area contributed by atoms with E-state index in [0.717, 1.165) is 22.4 Å². The Morgan fingerprint density at radius 3 is 2.78 bits per heavy atom. The number of aromatic nitrogens is 4. The second kappa shape index (κ2) is 5.44. The minimum absolute atomic E-state index is 0.0911.